The van der Waals surface area contributed by atoms with Gasteiger partial charge in [0.1, 0.15) is 11.5 Å². The molecule has 7 heteroatoms. The highest BCUT2D eigenvalue weighted by molar-refractivity contribution is 7.89. The molecule has 0 heterocycles. The molecule has 25 heavy (non-hydrogen) atoms. The summed E-state index contributed by atoms with van der Waals surface area (Å²) >= 11 is 0. The van der Waals surface area contributed by atoms with Gasteiger partial charge in [-0.15, -0.1) is 0 Å². The highest BCUT2D eigenvalue weighted by atomic mass is 32.2. The molecular weight excluding hydrogens is 340 g/mol. The van der Waals surface area contributed by atoms with Gasteiger partial charge in [-0.1, -0.05) is 6.07 Å². The zero-order valence-electron chi connectivity index (χ0n) is 14.3. The van der Waals surface area contributed by atoms with E-state index < -0.39 is 10.0 Å². The lowest BCUT2D eigenvalue weighted by Gasteiger charge is -2.13. The predicted molar refractivity (Wildman–Crippen MR) is 96.7 cm³/mol. The summed E-state index contributed by atoms with van der Waals surface area (Å²) in [4.78, 5) is 0.266. The lowest BCUT2D eigenvalue weighted by Crippen LogP contribution is -2.25. The fourth-order valence-electron chi connectivity index (χ4n) is 2.48. The zero-order valence-corrected chi connectivity index (χ0v) is 15.1. The molecule has 0 aliphatic heterocycles. The first-order valence-corrected chi connectivity index (χ1v) is 9.57. The molecule has 134 valence electrons. The van der Waals surface area contributed by atoms with Gasteiger partial charge in [0.2, 0.25) is 10.0 Å². The molecule has 1 aliphatic carbocycles. The van der Waals surface area contributed by atoms with E-state index in [1.54, 1.807) is 32.4 Å². The first-order valence-electron chi connectivity index (χ1n) is 8.09. The normalized spacial score (nSPS) is 14.2. The second-order valence-corrected chi connectivity index (χ2v) is 7.67. The van der Waals surface area contributed by atoms with Crippen molar-refractivity contribution < 1.29 is 17.9 Å². The monoisotopic (exact) mass is 362 g/mol. The lowest BCUT2D eigenvalue weighted by atomic mass is 10.2. The highest BCUT2D eigenvalue weighted by Crippen LogP contribution is 2.26. The van der Waals surface area contributed by atoms with Crippen LogP contribution in [0.15, 0.2) is 47.4 Å². The maximum absolute atomic E-state index is 12.3. The number of nitrogens with one attached hydrogen (secondary N) is 2. The molecule has 0 bridgehead atoms. The minimum absolute atomic E-state index is 0.0858. The second-order valence-electron chi connectivity index (χ2n) is 5.95. The van der Waals surface area contributed by atoms with E-state index in [1.807, 2.05) is 24.3 Å². The largest absolute Gasteiger partial charge is 0.497 e. The van der Waals surface area contributed by atoms with E-state index in [0.717, 1.165) is 35.6 Å². The molecule has 0 atom stereocenters. The van der Waals surface area contributed by atoms with Gasteiger partial charge in [-0.3, -0.25) is 0 Å². The van der Waals surface area contributed by atoms with Crippen LogP contribution in [0.4, 0.5) is 5.69 Å². The fraction of sp³-hybridized carbons (Fsp3) is 0.333. The van der Waals surface area contributed by atoms with Crippen molar-refractivity contribution in [2.75, 3.05) is 19.5 Å². The third-order valence-electron chi connectivity index (χ3n) is 4.01. The number of hydrogen-bond donors (Lipinski definition) is 2. The minimum Gasteiger partial charge on any atom is -0.497 e. The first-order chi connectivity index (χ1) is 12.0. The van der Waals surface area contributed by atoms with E-state index in [2.05, 4.69) is 10.0 Å². The molecule has 1 aliphatic rings. The second kappa shape index (κ2) is 7.33. The van der Waals surface area contributed by atoms with Crippen molar-refractivity contribution in [3.8, 4) is 11.5 Å². The minimum atomic E-state index is -3.46. The van der Waals surface area contributed by atoms with Gasteiger partial charge in [0, 0.05) is 23.8 Å². The average Bonchev–Trinajstić information content (AvgIpc) is 3.43. The van der Waals surface area contributed by atoms with Crippen LogP contribution in [0, 0.1) is 0 Å². The summed E-state index contributed by atoms with van der Waals surface area (Å²) < 4.78 is 37.9. The molecule has 1 saturated carbocycles. The van der Waals surface area contributed by atoms with Crippen molar-refractivity contribution in [3.63, 3.8) is 0 Å². The number of sulfonamides is 1. The van der Waals surface area contributed by atoms with Crippen molar-refractivity contribution in [1.82, 2.24) is 4.72 Å². The zero-order chi connectivity index (χ0) is 17.9. The van der Waals surface area contributed by atoms with Crippen molar-refractivity contribution >= 4 is 15.7 Å². The Morgan fingerprint density at radius 2 is 1.88 bits per heavy atom. The number of benzene rings is 2. The Morgan fingerprint density at radius 3 is 2.56 bits per heavy atom. The Balaban J connectivity index is 1.74. The molecule has 0 radical (unpaired) electrons. The standard InChI is InChI=1S/C18H22N2O4S/c1-23-16-8-9-18(24-2)13(10-16)12-19-15-4-3-5-17(11-15)25(21,22)20-14-6-7-14/h3-5,8-11,14,19-20H,6-7,12H2,1-2H3. The maximum atomic E-state index is 12.3. The predicted octanol–water partition coefficient (Wildman–Crippen LogP) is 2.76. The van der Waals surface area contributed by atoms with E-state index in [9.17, 15) is 8.42 Å². The van der Waals surface area contributed by atoms with Crippen LogP contribution < -0.4 is 19.5 Å². The van der Waals surface area contributed by atoms with E-state index in [0.29, 0.717) is 6.54 Å². The molecule has 0 saturated heterocycles. The summed E-state index contributed by atoms with van der Waals surface area (Å²) in [5.74, 6) is 1.48. The van der Waals surface area contributed by atoms with Gasteiger partial charge in [0.25, 0.3) is 0 Å². The number of rotatable bonds is 8. The van der Waals surface area contributed by atoms with Crippen molar-refractivity contribution in [2.24, 2.45) is 0 Å². The van der Waals surface area contributed by atoms with E-state index >= 15 is 0 Å². The summed E-state index contributed by atoms with van der Waals surface area (Å²) in [5.41, 5.74) is 1.65. The van der Waals surface area contributed by atoms with Crippen LogP contribution in [0.5, 0.6) is 11.5 Å². The van der Waals surface area contributed by atoms with Gasteiger partial charge in [0.05, 0.1) is 19.1 Å². The van der Waals surface area contributed by atoms with Crippen molar-refractivity contribution in [3.05, 3.63) is 48.0 Å². The molecule has 1 fully saturated rings. The first kappa shape index (κ1) is 17.6. The topological polar surface area (TPSA) is 76.7 Å². The van der Waals surface area contributed by atoms with Gasteiger partial charge in [0.15, 0.2) is 0 Å². The third-order valence-corrected chi connectivity index (χ3v) is 5.53. The summed E-state index contributed by atoms with van der Waals surface area (Å²) in [6, 6.07) is 12.5. The molecule has 2 aromatic rings. The van der Waals surface area contributed by atoms with Crippen molar-refractivity contribution in [2.45, 2.75) is 30.3 Å². The summed E-state index contributed by atoms with van der Waals surface area (Å²) in [5, 5.41) is 3.24. The van der Waals surface area contributed by atoms with Gasteiger partial charge in [-0.05, 0) is 49.2 Å². The highest BCUT2D eigenvalue weighted by Gasteiger charge is 2.27. The van der Waals surface area contributed by atoms with Crippen LogP contribution in [0.2, 0.25) is 0 Å². The quantitative estimate of drug-likeness (QED) is 0.755. The number of hydrogen-bond acceptors (Lipinski definition) is 5. The van der Waals surface area contributed by atoms with Gasteiger partial charge < -0.3 is 14.8 Å². The van der Waals surface area contributed by atoms with Gasteiger partial charge in [-0.2, -0.15) is 0 Å². The Kier molecular flexibility index (Phi) is 5.15. The van der Waals surface area contributed by atoms with Gasteiger partial charge in [-0.25, -0.2) is 13.1 Å². The van der Waals surface area contributed by atoms with Gasteiger partial charge >= 0.3 is 0 Å². The Bertz CT molecular complexity index is 848. The Labute approximate surface area is 148 Å². The van der Waals surface area contributed by atoms with E-state index in [1.165, 1.54) is 0 Å². The molecule has 3 rings (SSSR count). The number of methoxy groups -OCH3 is 2. The van der Waals surface area contributed by atoms with Crippen LogP contribution in [0.1, 0.15) is 18.4 Å². The lowest BCUT2D eigenvalue weighted by molar-refractivity contribution is 0.399. The van der Waals surface area contributed by atoms with Crippen LogP contribution >= 0.6 is 0 Å². The SMILES string of the molecule is COc1ccc(OC)c(CNc2cccc(S(=O)(=O)NC3CC3)c2)c1. The molecule has 0 aromatic heterocycles. The van der Waals surface area contributed by atoms with E-state index in [-0.39, 0.29) is 10.9 Å². The van der Waals surface area contributed by atoms with Crippen LogP contribution in [0.3, 0.4) is 0 Å². The van der Waals surface area contributed by atoms with E-state index in [4.69, 9.17) is 9.47 Å². The molecule has 0 spiro atoms. The number of ether oxygens (including phenoxy) is 2. The molecule has 0 amide bonds. The smallest absolute Gasteiger partial charge is 0.240 e. The summed E-state index contributed by atoms with van der Waals surface area (Å²) in [6.07, 6.45) is 1.82. The Morgan fingerprint density at radius 1 is 1.08 bits per heavy atom. The number of anilines is 1. The Hall–Kier alpha value is -2.25. The molecule has 2 N–H and O–H groups in total. The van der Waals surface area contributed by atoms with Crippen LogP contribution in [-0.2, 0) is 16.6 Å². The van der Waals surface area contributed by atoms with Crippen LogP contribution in [-0.4, -0.2) is 28.7 Å². The fourth-order valence-corrected chi connectivity index (χ4v) is 3.83. The molecular formula is C18H22N2O4S. The molecule has 0 unspecified atom stereocenters. The average molecular weight is 362 g/mol. The van der Waals surface area contributed by atoms with Crippen LogP contribution in [0.25, 0.3) is 0 Å². The third kappa shape index (κ3) is 4.43. The van der Waals surface area contributed by atoms with Crippen molar-refractivity contribution in [1.29, 1.82) is 0 Å². The maximum Gasteiger partial charge on any atom is 0.240 e. The molecule has 6 nitrogen and oxygen atoms in total. The summed E-state index contributed by atoms with van der Waals surface area (Å²) in [6.45, 7) is 0.486. The summed E-state index contributed by atoms with van der Waals surface area (Å²) in [7, 11) is -0.236. The molecule has 2 aromatic carbocycles.